The molecule has 1 aromatic heterocycles. The largest absolute Gasteiger partial charge is 0.368 e. The predicted molar refractivity (Wildman–Crippen MR) is 79.8 cm³/mol. The van der Waals surface area contributed by atoms with Crippen molar-refractivity contribution < 1.29 is 9.53 Å². The van der Waals surface area contributed by atoms with Crippen molar-refractivity contribution in [2.45, 2.75) is 31.5 Å². The molecule has 1 fully saturated rings. The van der Waals surface area contributed by atoms with Gasteiger partial charge in [0.1, 0.15) is 11.9 Å². The molecular weight excluding hydrogens is 276 g/mol. The summed E-state index contributed by atoms with van der Waals surface area (Å²) in [6.45, 7) is 2.64. The molecule has 1 saturated heterocycles. The number of carbonyl (C=O) groups is 1. The average Bonchev–Trinajstić information content (AvgIpc) is 2.97. The molecule has 0 aromatic carbocycles. The summed E-state index contributed by atoms with van der Waals surface area (Å²) in [6, 6.07) is -0.0160. The number of thioether (sulfide) groups is 1. The van der Waals surface area contributed by atoms with Crippen LogP contribution in [-0.4, -0.2) is 46.3 Å². The molecule has 0 spiro atoms. The summed E-state index contributed by atoms with van der Waals surface area (Å²) in [6.07, 6.45) is 6.29. The first-order valence-corrected chi connectivity index (χ1v) is 8.16. The van der Waals surface area contributed by atoms with Crippen LogP contribution in [0.4, 0.5) is 4.79 Å². The molecule has 3 atom stereocenters. The number of hydrogen-bond acceptors (Lipinski definition) is 4. The van der Waals surface area contributed by atoms with Gasteiger partial charge in [-0.3, -0.25) is 0 Å². The maximum absolute atomic E-state index is 12.0. The van der Waals surface area contributed by atoms with Crippen molar-refractivity contribution in [1.82, 2.24) is 20.2 Å². The molecule has 0 saturated carbocycles. The first-order chi connectivity index (χ1) is 9.61. The van der Waals surface area contributed by atoms with Gasteiger partial charge in [0.05, 0.1) is 6.04 Å². The summed E-state index contributed by atoms with van der Waals surface area (Å²) in [7, 11) is 1.93. The minimum absolute atomic E-state index is 0.0300. The molecule has 0 bridgehead atoms. The Labute approximate surface area is 123 Å². The summed E-state index contributed by atoms with van der Waals surface area (Å²) >= 11 is 1.71. The highest BCUT2D eigenvalue weighted by Crippen LogP contribution is 2.27. The number of hydrogen-bond donors (Lipinski definition) is 2. The van der Waals surface area contributed by atoms with Crippen molar-refractivity contribution in [3.05, 3.63) is 18.2 Å². The zero-order valence-corrected chi connectivity index (χ0v) is 12.9. The molecule has 6 nitrogen and oxygen atoms in total. The van der Waals surface area contributed by atoms with Gasteiger partial charge in [-0.05, 0) is 19.6 Å². The van der Waals surface area contributed by atoms with E-state index in [1.807, 2.05) is 31.0 Å². The highest BCUT2D eigenvalue weighted by Gasteiger charge is 2.33. The second-order valence-electron chi connectivity index (χ2n) is 5.06. The molecule has 1 aliphatic rings. The van der Waals surface area contributed by atoms with Gasteiger partial charge in [-0.2, -0.15) is 11.8 Å². The number of amides is 2. The van der Waals surface area contributed by atoms with E-state index in [1.54, 1.807) is 18.0 Å². The van der Waals surface area contributed by atoms with Crippen molar-refractivity contribution in [1.29, 1.82) is 0 Å². The topological polar surface area (TPSA) is 68.2 Å². The fraction of sp³-hybridized carbons (Fsp3) is 0.692. The molecule has 1 aliphatic heterocycles. The zero-order valence-electron chi connectivity index (χ0n) is 12.1. The molecule has 20 heavy (non-hydrogen) atoms. The highest BCUT2D eigenvalue weighted by molar-refractivity contribution is 7.98. The van der Waals surface area contributed by atoms with E-state index in [4.69, 9.17) is 4.74 Å². The van der Waals surface area contributed by atoms with Crippen LogP contribution in [-0.2, 0) is 11.8 Å². The first kappa shape index (κ1) is 15.2. The normalized spacial score (nSPS) is 23.6. The first-order valence-electron chi connectivity index (χ1n) is 6.76. The van der Waals surface area contributed by atoms with Crippen LogP contribution in [0.2, 0.25) is 0 Å². The molecule has 2 N–H and O–H groups in total. The van der Waals surface area contributed by atoms with Crippen molar-refractivity contribution >= 4 is 17.8 Å². The lowest BCUT2D eigenvalue weighted by Crippen LogP contribution is -2.47. The Balaban J connectivity index is 1.91. The van der Waals surface area contributed by atoms with E-state index in [0.717, 1.165) is 18.0 Å². The van der Waals surface area contributed by atoms with Crippen LogP contribution in [0.25, 0.3) is 0 Å². The Morgan fingerprint density at radius 1 is 1.70 bits per heavy atom. The Kier molecular flexibility index (Phi) is 5.31. The Bertz CT molecular complexity index is 451. The van der Waals surface area contributed by atoms with Crippen LogP contribution in [0, 0.1) is 0 Å². The van der Waals surface area contributed by atoms with E-state index in [9.17, 15) is 4.79 Å². The third-order valence-corrected chi connectivity index (χ3v) is 4.15. The molecule has 2 rings (SSSR count). The van der Waals surface area contributed by atoms with E-state index < -0.39 is 0 Å². The van der Waals surface area contributed by atoms with E-state index in [0.29, 0.717) is 6.61 Å². The lowest BCUT2D eigenvalue weighted by Gasteiger charge is -2.21. The number of aryl methyl sites for hydroxylation is 1. The summed E-state index contributed by atoms with van der Waals surface area (Å²) in [4.78, 5) is 16.3. The fourth-order valence-electron chi connectivity index (χ4n) is 2.37. The van der Waals surface area contributed by atoms with Crippen LogP contribution < -0.4 is 10.6 Å². The molecule has 2 amide bonds. The molecular formula is C13H22N4O2S. The van der Waals surface area contributed by atoms with Gasteiger partial charge in [-0.1, -0.05) is 0 Å². The Hall–Kier alpha value is -1.21. The average molecular weight is 298 g/mol. The zero-order chi connectivity index (χ0) is 14.5. The van der Waals surface area contributed by atoms with Gasteiger partial charge in [-0.15, -0.1) is 0 Å². The van der Waals surface area contributed by atoms with E-state index in [2.05, 4.69) is 15.6 Å². The number of ether oxygens (including phenoxy) is 1. The number of nitrogens with one attached hydrogen (secondary N) is 2. The third kappa shape index (κ3) is 3.67. The standard InChI is InChI=1S/C13H22N4O2S/c1-9(8-20-3)15-13(18)16-10-4-7-19-11(10)12-14-5-6-17(12)2/h5-6,9-11H,4,7-8H2,1-3H3,(H2,15,16,18)/t9-,10+,11+/m1/s1. The van der Waals surface area contributed by atoms with Gasteiger partial charge in [0.2, 0.25) is 0 Å². The van der Waals surface area contributed by atoms with Crippen LogP contribution >= 0.6 is 11.8 Å². The van der Waals surface area contributed by atoms with Crippen LogP contribution in [0.15, 0.2) is 12.4 Å². The minimum atomic E-state index is -0.170. The van der Waals surface area contributed by atoms with Crippen LogP contribution in [0.1, 0.15) is 25.3 Å². The lowest BCUT2D eigenvalue weighted by molar-refractivity contribution is 0.0908. The van der Waals surface area contributed by atoms with Gasteiger partial charge in [0, 0.05) is 37.8 Å². The van der Waals surface area contributed by atoms with Crippen molar-refractivity contribution in [2.24, 2.45) is 7.05 Å². The van der Waals surface area contributed by atoms with E-state index >= 15 is 0 Å². The molecule has 2 heterocycles. The summed E-state index contributed by atoms with van der Waals surface area (Å²) in [5, 5.41) is 5.93. The highest BCUT2D eigenvalue weighted by atomic mass is 32.2. The fourth-order valence-corrected chi connectivity index (χ4v) is 2.95. The molecule has 1 aromatic rings. The number of aromatic nitrogens is 2. The minimum Gasteiger partial charge on any atom is -0.368 e. The molecule has 112 valence electrons. The Morgan fingerprint density at radius 2 is 2.50 bits per heavy atom. The van der Waals surface area contributed by atoms with Crippen molar-refractivity contribution in [3.8, 4) is 0 Å². The van der Waals surface area contributed by atoms with Crippen LogP contribution in [0.3, 0.4) is 0 Å². The number of nitrogens with zero attached hydrogens (tertiary/aromatic N) is 2. The second kappa shape index (κ2) is 6.99. The van der Waals surface area contributed by atoms with Gasteiger partial charge in [-0.25, -0.2) is 9.78 Å². The number of urea groups is 1. The quantitative estimate of drug-likeness (QED) is 0.860. The third-order valence-electron chi connectivity index (χ3n) is 3.32. The molecule has 7 heteroatoms. The Morgan fingerprint density at radius 3 is 3.15 bits per heavy atom. The predicted octanol–water partition coefficient (Wildman–Crippen LogP) is 1.30. The summed E-state index contributed by atoms with van der Waals surface area (Å²) in [5.74, 6) is 1.75. The second-order valence-corrected chi connectivity index (χ2v) is 5.97. The molecule has 0 radical (unpaired) electrons. The van der Waals surface area contributed by atoms with Crippen molar-refractivity contribution in [2.75, 3.05) is 18.6 Å². The number of rotatable bonds is 5. The van der Waals surface area contributed by atoms with Gasteiger partial charge in [0.15, 0.2) is 0 Å². The van der Waals surface area contributed by atoms with Gasteiger partial charge in [0.25, 0.3) is 0 Å². The maximum Gasteiger partial charge on any atom is 0.315 e. The summed E-state index contributed by atoms with van der Waals surface area (Å²) < 4.78 is 7.64. The monoisotopic (exact) mass is 298 g/mol. The number of carbonyl (C=O) groups excluding carboxylic acids is 1. The summed E-state index contributed by atoms with van der Waals surface area (Å²) in [5.41, 5.74) is 0. The number of imidazole rings is 1. The van der Waals surface area contributed by atoms with Crippen molar-refractivity contribution in [3.63, 3.8) is 0 Å². The lowest BCUT2D eigenvalue weighted by atomic mass is 10.1. The smallest absolute Gasteiger partial charge is 0.315 e. The van der Waals surface area contributed by atoms with Gasteiger partial charge < -0.3 is 19.9 Å². The van der Waals surface area contributed by atoms with Crippen LogP contribution in [0.5, 0.6) is 0 Å². The molecule has 0 aliphatic carbocycles. The van der Waals surface area contributed by atoms with E-state index in [-0.39, 0.29) is 24.2 Å². The molecule has 0 unspecified atom stereocenters. The van der Waals surface area contributed by atoms with Gasteiger partial charge >= 0.3 is 6.03 Å². The maximum atomic E-state index is 12.0. The SMILES string of the molecule is CSC[C@@H](C)NC(=O)N[C@H]1CCO[C@@H]1c1nccn1C. The van der Waals surface area contributed by atoms with E-state index in [1.165, 1.54) is 0 Å².